The number of carbonyl (C=O) groups is 1. The van der Waals surface area contributed by atoms with E-state index in [1.54, 1.807) is 12.1 Å². The third-order valence-electron chi connectivity index (χ3n) is 1.95. The zero-order valence-electron chi connectivity index (χ0n) is 8.59. The number of ether oxygens (including phenoxy) is 1. The van der Waals surface area contributed by atoms with E-state index in [4.69, 9.17) is 9.84 Å². The van der Waals surface area contributed by atoms with Gasteiger partial charge in [-0.2, -0.15) is 0 Å². The summed E-state index contributed by atoms with van der Waals surface area (Å²) in [6.07, 6.45) is 1.26. The van der Waals surface area contributed by atoms with Gasteiger partial charge in [0.1, 0.15) is 16.5 Å². The number of halogens is 1. The SMILES string of the molecule is O=C(O)c1cnc(COc2ccccc2F)s1. The molecule has 2 rings (SSSR count). The Bertz CT molecular complexity index is 541. The first-order valence-corrected chi connectivity index (χ1v) is 5.54. The molecule has 88 valence electrons. The minimum absolute atomic E-state index is 0.0544. The summed E-state index contributed by atoms with van der Waals surface area (Å²) in [4.78, 5) is 14.6. The standard InChI is InChI=1S/C11H8FNO3S/c12-7-3-1-2-4-8(7)16-6-10-13-5-9(17-10)11(14)15/h1-5H,6H2,(H,14,15). The number of para-hydroxylation sites is 1. The summed E-state index contributed by atoms with van der Waals surface area (Å²) in [5.74, 6) is -1.36. The molecule has 0 saturated heterocycles. The molecule has 0 aliphatic carbocycles. The third kappa shape index (κ3) is 2.79. The Hall–Kier alpha value is -1.95. The van der Waals surface area contributed by atoms with Gasteiger partial charge in [-0.1, -0.05) is 12.1 Å². The second-order valence-corrected chi connectivity index (χ2v) is 4.26. The van der Waals surface area contributed by atoms with Crippen LogP contribution in [0.4, 0.5) is 4.39 Å². The van der Waals surface area contributed by atoms with Crippen LogP contribution in [0.25, 0.3) is 0 Å². The molecule has 1 aromatic carbocycles. The predicted octanol–water partition coefficient (Wildman–Crippen LogP) is 2.56. The Balaban J connectivity index is 2.02. The van der Waals surface area contributed by atoms with Crippen LogP contribution < -0.4 is 4.74 Å². The van der Waals surface area contributed by atoms with Crippen molar-refractivity contribution in [1.82, 2.24) is 4.98 Å². The predicted molar refractivity (Wildman–Crippen MR) is 59.8 cm³/mol. The molecular weight excluding hydrogens is 245 g/mol. The number of hydrogen-bond acceptors (Lipinski definition) is 4. The van der Waals surface area contributed by atoms with E-state index in [0.29, 0.717) is 5.01 Å². The van der Waals surface area contributed by atoms with Crippen molar-refractivity contribution in [1.29, 1.82) is 0 Å². The molecule has 6 heteroatoms. The second kappa shape index (κ2) is 4.92. The van der Waals surface area contributed by atoms with Crippen molar-refractivity contribution in [3.05, 3.63) is 46.2 Å². The van der Waals surface area contributed by atoms with Gasteiger partial charge in [-0.25, -0.2) is 14.2 Å². The number of rotatable bonds is 4. The molecular formula is C11H8FNO3S. The molecule has 0 unspecified atom stereocenters. The number of hydrogen-bond donors (Lipinski definition) is 1. The molecule has 1 N–H and O–H groups in total. The smallest absolute Gasteiger partial charge is 0.347 e. The third-order valence-corrected chi connectivity index (χ3v) is 2.91. The minimum Gasteiger partial charge on any atom is -0.483 e. The first kappa shape index (κ1) is 11.5. The van der Waals surface area contributed by atoms with Crippen molar-refractivity contribution in [2.75, 3.05) is 0 Å². The lowest BCUT2D eigenvalue weighted by Gasteiger charge is -2.04. The van der Waals surface area contributed by atoms with E-state index in [1.807, 2.05) is 0 Å². The van der Waals surface area contributed by atoms with Crippen LogP contribution in [0.5, 0.6) is 5.75 Å². The largest absolute Gasteiger partial charge is 0.483 e. The zero-order valence-corrected chi connectivity index (χ0v) is 9.41. The van der Waals surface area contributed by atoms with Crippen LogP contribution in [0.2, 0.25) is 0 Å². The molecule has 2 aromatic rings. The Morgan fingerprint density at radius 3 is 2.88 bits per heavy atom. The fraction of sp³-hybridized carbons (Fsp3) is 0.0909. The van der Waals surface area contributed by atoms with E-state index in [1.165, 1.54) is 18.3 Å². The highest BCUT2D eigenvalue weighted by atomic mass is 32.1. The number of carboxylic acids is 1. The van der Waals surface area contributed by atoms with Gasteiger partial charge in [0, 0.05) is 0 Å². The van der Waals surface area contributed by atoms with Gasteiger partial charge >= 0.3 is 5.97 Å². The van der Waals surface area contributed by atoms with Gasteiger partial charge in [0.15, 0.2) is 11.6 Å². The molecule has 0 spiro atoms. The molecule has 0 saturated carbocycles. The summed E-state index contributed by atoms with van der Waals surface area (Å²) in [5.41, 5.74) is 0. The van der Waals surface area contributed by atoms with Gasteiger partial charge in [-0.05, 0) is 12.1 Å². The Morgan fingerprint density at radius 2 is 2.24 bits per heavy atom. The lowest BCUT2D eigenvalue weighted by atomic mass is 10.3. The van der Waals surface area contributed by atoms with Crippen molar-refractivity contribution in [2.24, 2.45) is 0 Å². The monoisotopic (exact) mass is 253 g/mol. The van der Waals surface area contributed by atoms with E-state index in [9.17, 15) is 9.18 Å². The molecule has 0 radical (unpaired) electrons. The molecule has 0 bridgehead atoms. The van der Waals surface area contributed by atoms with Gasteiger partial charge in [0.05, 0.1) is 6.20 Å². The minimum atomic E-state index is -1.03. The maximum absolute atomic E-state index is 13.2. The molecule has 0 amide bonds. The fourth-order valence-electron chi connectivity index (χ4n) is 1.18. The van der Waals surface area contributed by atoms with Crippen molar-refractivity contribution in [2.45, 2.75) is 6.61 Å². The van der Waals surface area contributed by atoms with Crippen LogP contribution in [0.15, 0.2) is 30.5 Å². The Kier molecular flexibility index (Phi) is 3.34. The van der Waals surface area contributed by atoms with Crippen molar-refractivity contribution >= 4 is 17.3 Å². The first-order valence-electron chi connectivity index (χ1n) is 4.72. The summed E-state index contributed by atoms with van der Waals surface area (Å²) >= 11 is 1.01. The number of thiazole rings is 1. The topological polar surface area (TPSA) is 59.4 Å². The molecule has 0 atom stereocenters. The van der Waals surface area contributed by atoms with E-state index in [0.717, 1.165) is 11.3 Å². The molecule has 1 aromatic heterocycles. The number of carboxylic acid groups (broad SMARTS) is 1. The van der Waals surface area contributed by atoms with E-state index in [-0.39, 0.29) is 17.2 Å². The Morgan fingerprint density at radius 1 is 1.47 bits per heavy atom. The lowest BCUT2D eigenvalue weighted by molar-refractivity contribution is 0.0702. The lowest BCUT2D eigenvalue weighted by Crippen LogP contribution is -1.96. The molecule has 17 heavy (non-hydrogen) atoms. The highest BCUT2D eigenvalue weighted by Crippen LogP contribution is 2.19. The van der Waals surface area contributed by atoms with Crippen LogP contribution in [-0.2, 0) is 6.61 Å². The fourth-order valence-corrected chi connectivity index (χ4v) is 1.85. The Labute approximate surface area is 100 Å². The highest BCUT2D eigenvalue weighted by Gasteiger charge is 2.09. The summed E-state index contributed by atoms with van der Waals surface area (Å²) in [5, 5.41) is 9.19. The second-order valence-electron chi connectivity index (χ2n) is 3.14. The van der Waals surface area contributed by atoms with Crippen LogP contribution in [0, 0.1) is 5.82 Å². The summed E-state index contributed by atoms with van der Waals surface area (Å²) < 4.78 is 18.4. The molecule has 0 aliphatic rings. The van der Waals surface area contributed by atoms with Gasteiger partial charge < -0.3 is 9.84 Å². The number of benzene rings is 1. The van der Waals surface area contributed by atoms with Gasteiger partial charge in [-0.3, -0.25) is 0 Å². The highest BCUT2D eigenvalue weighted by molar-refractivity contribution is 7.13. The van der Waals surface area contributed by atoms with Crippen LogP contribution in [0.1, 0.15) is 14.7 Å². The van der Waals surface area contributed by atoms with Crippen LogP contribution >= 0.6 is 11.3 Å². The summed E-state index contributed by atoms with van der Waals surface area (Å²) in [6, 6.07) is 6.01. The zero-order chi connectivity index (χ0) is 12.3. The number of nitrogens with zero attached hydrogens (tertiary/aromatic N) is 1. The average molecular weight is 253 g/mol. The molecule has 1 heterocycles. The van der Waals surface area contributed by atoms with E-state index >= 15 is 0 Å². The average Bonchev–Trinajstić information content (AvgIpc) is 2.77. The van der Waals surface area contributed by atoms with Gasteiger partial charge in [-0.15, -0.1) is 11.3 Å². The summed E-state index contributed by atoms with van der Waals surface area (Å²) in [7, 11) is 0. The molecule has 0 aliphatic heterocycles. The summed E-state index contributed by atoms with van der Waals surface area (Å²) in [6.45, 7) is 0.0544. The van der Waals surface area contributed by atoms with Gasteiger partial charge in [0.25, 0.3) is 0 Å². The maximum Gasteiger partial charge on any atom is 0.347 e. The maximum atomic E-state index is 13.2. The van der Waals surface area contributed by atoms with Gasteiger partial charge in [0.2, 0.25) is 0 Å². The van der Waals surface area contributed by atoms with E-state index < -0.39 is 11.8 Å². The van der Waals surface area contributed by atoms with Crippen molar-refractivity contribution < 1.29 is 19.0 Å². The quantitative estimate of drug-likeness (QED) is 0.909. The van der Waals surface area contributed by atoms with Crippen molar-refractivity contribution in [3.8, 4) is 5.75 Å². The molecule has 4 nitrogen and oxygen atoms in total. The van der Waals surface area contributed by atoms with Crippen molar-refractivity contribution in [3.63, 3.8) is 0 Å². The number of aromatic nitrogens is 1. The number of aromatic carboxylic acids is 1. The molecule has 0 fully saturated rings. The first-order chi connectivity index (χ1) is 8.16. The van der Waals surface area contributed by atoms with E-state index in [2.05, 4.69) is 4.98 Å². The van der Waals surface area contributed by atoms with Crippen LogP contribution in [-0.4, -0.2) is 16.1 Å². The normalized spacial score (nSPS) is 10.2. The van der Waals surface area contributed by atoms with Crippen LogP contribution in [0.3, 0.4) is 0 Å².